The van der Waals surface area contributed by atoms with Gasteiger partial charge in [0.25, 0.3) is 0 Å². The molecule has 2 saturated heterocycles. The highest BCUT2D eigenvalue weighted by molar-refractivity contribution is 5.65. The third-order valence-corrected chi connectivity index (χ3v) is 15.5. The molecule has 7 rings (SSSR count). The molecule has 7 aliphatic rings. The highest BCUT2D eigenvalue weighted by Crippen LogP contribution is 2.68. The van der Waals surface area contributed by atoms with Crippen molar-refractivity contribution in [3.63, 3.8) is 0 Å². The van der Waals surface area contributed by atoms with E-state index in [0.29, 0.717) is 66.8 Å². The van der Waals surface area contributed by atoms with Crippen molar-refractivity contribution in [2.45, 2.75) is 147 Å². The van der Waals surface area contributed by atoms with Gasteiger partial charge in [-0.2, -0.15) is 0 Å². The number of aliphatic hydroxyl groups is 3. The van der Waals surface area contributed by atoms with Crippen LogP contribution in [0.4, 0.5) is 0 Å². The summed E-state index contributed by atoms with van der Waals surface area (Å²) in [6.07, 6.45) is 13.5. The van der Waals surface area contributed by atoms with E-state index < -0.39 is 6.10 Å². The number of carbonyl (C=O) groups is 1. The second-order valence-corrected chi connectivity index (χ2v) is 17.9. The fourth-order valence-electron chi connectivity index (χ4n) is 13.6. The van der Waals surface area contributed by atoms with E-state index in [0.717, 1.165) is 51.5 Å². The number of quaternary nitrogens is 1. The molecule has 0 aromatic rings. The highest BCUT2D eigenvalue weighted by atomic mass is 16.6. The standard InChI is InChI=1S/C39H66N2O8/c1-4-24-12-23(18-41-38(24)40)11-22-9-10-39(16-22)17-26-13-27(44)15-33(48-20-42)34(26)29-7-6-28-30(19-47-21(2)43)36(49-37(28)35(29)39)25-5-8-31(45)32(14-25)46-3/h22-38,41-42,44-45H,4-20,40H2,1-3H3/p+1/t22-,23?,24?,25?,26?,27?,28?,29?,30+,31?,32?,33?,34?,35?,36-,37?,38?,39-/m1/s1. The number of piperidine rings is 1. The third kappa shape index (κ3) is 7.12. The first-order valence-electron chi connectivity index (χ1n) is 20.1. The molecule has 5 saturated carbocycles. The molecule has 10 heteroatoms. The Morgan fingerprint density at radius 1 is 0.959 bits per heavy atom. The lowest BCUT2D eigenvalue weighted by molar-refractivity contribution is -0.710. The Balaban J connectivity index is 1.19. The number of carbonyl (C=O) groups excluding carboxylic acids is 1. The zero-order valence-electron chi connectivity index (χ0n) is 30.4. The van der Waals surface area contributed by atoms with Gasteiger partial charge < -0.3 is 39.6 Å². The monoisotopic (exact) mass is 691 g/mol. The van der Waals surface area contributed by atoms with Crippen molar-refractivity contribution >= 4 is 5.97 Å². The molecule has 18 atom stereocenters. The molecule has 0 amide bonds. The predicted molar refractivity (Wildman–Crippen MR) is 182 cm³/mol. The van der Waals surface area contributed by atoms with Crippen molar-refractivity contribution in [3.8, 4) is 0 Å². The van der Waals surface area contributed by atoms with Crippen LogP contribution in [0.3, 0.4) is 0 Å². The maximum absolute atomic E-state index is 12.2. The fourth-order valence-corrected chi connectivity index (χ4v) is 13.6. The maximum atomic E-state index is 12.2. The van der Waals surface area contributed by atoms with Gasteiger partial charge in [-0.15, -0.1) is 0 Å². The van der Waals surface area contributed by atoms with E-state index in [-0.39, 0.29) is 66.7 Å². The van der Waals surface area contributed by atoms with E-state index in [1.807, 2.05) is 0 Å². The van der Waals surface area contributed by atoms with Gasteiger partial charge in [-0.3, -0.25) is 10.5 Å². The molecular formula is C39H67N2O8+. The maximum Gasteiger partial charge on any atom is 0.302 e. The molecule has 2 heterocycles. The molecule has 1 spiro atoms. The van der Waals surface area contributed by atoms with E-state index in [4.69, 9.17) is 24.7 Å². The predicted octanol–water partition coefficient (Wildman–Crippen LogP) is 2.95. The Labute approximate surface area is 293 Å². The smallest absolute Gasteiger partial charge is 0.302 e. The topological polar surface area (TPSA) is 157 Å². The van der Waals surface area contributed by atoms with Crippen molar-refractivity contribution < 1.29 is 44.4 Å². The van der Waals surface area contributed by atoms with Crippen LogP contribution in [0, 0.1) is 64.6 Å². The second kappa shape index (κ2) is 15.2. The van der Waals surface area contributed by atoms with E-state index in [9.17, 15) is 20.1 Å². The number of esters is 1. The fraction of sp³-hybridized carbons (Fsp3) is 0.974. The molecule has 0 aromatic carbocycles. The highest BCUT2D eigenvalue weighted by Gasteiger charge is 2.65. The first-order chi connectivity index (χ1) is 23.6. The van der Waals surface area contributed by atoms with Gasteiger partial charge in [0.05, 0.1) is 49.8 Å². The number of aliphatic hydroxyl groups excluding tert-OH is 3. The van der Waals surface area contributed by atoms with Gasteiger partial charge in [-0.05, 0) is 137 Å². The summed E-state index contributed by atoms with van der Waals surface area (Å²) >= 11 is 0. The SMILES string of the molecule is CCC1CC(C[C@H]2CC[C@]3(CC4CC(O)CC(OCO)C4C4CCC5C(O[C@H](C6CCC(O)C(OC)C6)[C@H]5COC(C)=O)C43)C2)C[NH2+]C1N. The van der Waals surface area contributed by atoms with Crippen LogP contribution in [0.5, 0.6) is 0 Å². The van der Waals surface area contributed by atoms with Crippen LogP contribution in [0.2, 0.25) is 0 Å². The minimum atomic E-state index is -0.453. The van der Waals surface area contributed by atoms with Crippen molar-refractivity contribution in [3.05, 3.63) is 0 Å². The lowest BCUT2D eigenvalue weighted by Crippen LogP contribution is -2.97. The average molecular weight is 692 g/mol. The quantitative estimate of drug-likeness (QED) is 0.181. The van der Waals surface area contributed by atoms with Gasteiger partial charge in [-0.25, -0.2) is 0 Å². The Bertz CT molecular complexity index is 1130. The molecule has 2 aliphatic heterocycles. The normalized spacial score (nSPS) is 51.2. The average Bonchev–Trinajstić information content (AvgIpc) is 3.65. The Morgan fingerprint density at radius 3 is 2.53 bits per heavy atom. The van der Waals surface area contributed by atoms with Gasteiger partial charge in [0.1, 0.15) is 13.0 Å². The van der Waals surface area contributed by atoms with Crippen LogP contribution >= 0.6 is 0 Å². The van der Waals surface area contributed by atoms with E-state index in [1.165, 1.54) is 39.0 Å². The van der Waals surface area contributed by atoms with Gasteiger partial charge >= 0.3 is 5.97 Å². The molecule has 14 unspecified atom stereocenters. The largest absolute Gasteiger partial charge is 0.465 e. The molecule has 49 heavy (non-hydrogen) atoms. The number of rotatable bonds is 9. The molecule has 0 radical (unpaired) electrons. The van der Waals surface area contributed by atoms with E-state index in [2.05, 4.69) is 12.2 Å². The van der Waals surface area contributed by atoms with Crippen LogP contribution in [0.1, 0.15) is 104 Å². The van der Waals surface area contributed by atoms with E-state index in [1.54, 1.807) is 7.11 Å². The lowest BCUT2D eigenvalue weighted by atomic mass is 9.45. The van der Waals surface area contributed by atoms with Crippen molar-refractivity contribution in [2.24, 2.45) is 70.3 Å². The number of methoxy groups -OCH3 is 1. The number of hydrogen-bond acceptors (Lipinski definition) is 9. The van der Waals surface area contributed by atoms with Crippen molar-refractivity contribution in [1.82, 2.24) is 0 Å². The second-order valence-electron chi connectivity index (χ2n) is 17.9. The summed E-state index contributed by atoms with van der Waals surface area (Å²) in [6.45, 7) is 5.00. The summed E-state index contributed by atoms with van der Waals surface area (Å²) in [4.78, 5) is 12.2. The first-order valence-corrected chi connectivity index (χ1v) is 20.1. The van der Waals surface area contributed by atoms with Gasteiger partial charge in [0.2, 0.25) is 0 Å². The van der Waals surface area contributed by atoms with Crippen LogP contribution in [-0.4, -0.2) is 91.1 Å². The molecular weight excluding hydrogens is 624 g/mol. The van der Waals surface area contributed by atoms with E-state index >= 15 is 0 Å². The van der Waals surface area contributed by atoms with Crippen molar-refractivity contribution in [1.29, 1.82) is 0 Å². The molecule has 7 fully saturated rings. The summed E-state index contributed by atoms with van der Waals surface area (Å²) in [6, 6.07) is 0. The van der Waals surface area contributed by atoms with Crippen LogP contribution in [0.15, 0.2) is 0 Å². The first kappa shape index (κ1) is 36.5. The van der Waals surface area contributed by atoms with Gasteiger partial charge in [0, 0.05) is 31.8 Å². The lowest BCUT2D eigenvalue weighted by Gasteiger charge is -2.61. The minimum Gasteiger partial charge on any atom is -0.465 e. The molecule has 7 N–H and O–H groups in total. The number of nitrogens with two attached hydrogens (primary N) is 2. The zero-order chi connectivity index (χ0) is 34.4. The molecule has 5 aliphatic carbocycles. The van der Waals surface area contributed by atoms with Crippen LogP contribution in [0.25, 0.3) is 0 Å². The number of fused-ring (bicyclic) bond motifs is 6. The molecule has 10 nitrogen and oxygen atoms in total. The minimum absolute atomic E-state index is 0.0316. The summed E-state index contributed by atoms with van der Waals surface area (Å²) in [5.74, 6) is 3.95. The summed E-state index contributed by atoms with van der Waals surface area (Å²) in [5, 5.41) is 34.1. The van der Waals surface area contributed by atoms with Crippen LogP contribution < -0.4 is 11.1 Å². The molecule has 0 bridgehead atoms. The van der Waals surface area contributed by atoms with Crippen LogP contribution in [-0.2, 0) is 23.7 Å². The van der Waals surface area contributed by atoms with Gasteiger partial charge in [0.15, 0.2) is 0 Å². The zero-order valence-corrected chi connectivity index (χ0v) is 30.4. The van der Waals surface area contributed by atoms with Gasteiger partial charge in [-0.1, -0.05) is 6.92 Å². The third-order valence-electron chi connectivity index (χ3n) is 15.5. The molecule has 0 aromatic heterocycles. The number of hydrogen-bond donors (Lipinski definition) is 5. The Kier molecular flexibility index (Phi) is 11.4. The Morgan fingerprint density at radius 2 is 1.78 bits per heavy atom. The summed E-state index contributed by atoms with van der Waals surface area (Å²) < 4.78 is 25.1. The summed E-state index contributed by atoms with van der Waals surface area (Å²) in [5.41, 5.74) is 6.63. The van der Waals surface area contributed by atoms with Crippen molar-refractivity contribution in [2.75, 3.05) is 27.1 Å². The number of ether oxygens (including phenoxy) is 4. The summed E-state index contributed by atoms with van der Waals surface area (Å²) in [7, 11) is 1.69. The molecule has 280 valence electrons. The Hall–Kier alpha value is -0.850.